The van der Waals surface area contributed by atoms with Gasteiger partial charge in [0, 0.05) is 48.5 Å². The van der Waals surface area contributed by atoms with Gasteiger partial charge in [0.05, 0.1) is 0 Å². The predicted octanol–water partition coefficient (Wildman–Crippen LogP) is -4.11. The minimum Gasteiger partial charge on any atom is -1.00 e. The highest BCUT2D eigenvalue weighted by Gasteiger charge is 2.28. The summed E-state index contributed by atoms with van der Waals surface area (Å²) in [5, 5.41) is 0. The van der Waals surface area contributed by atoms with Gasteiger partial charge in [0.2, 0.25) is 26.2 Å². The van der Waals surface area contributed by atoms with E-state index in [1.54, 1.807) is 0 Å². The van der Waals surface area contributed by atoms with E-state index in [2.05, 4.69) is 116 Å². The van der Waals surface area contributed by atoms with Crippen molar-refractivity contribution in [1.82, 2.24) is 0 Å². The lowest BCUT2D eigenvalue weighted by atomic mass is 10.2. The van der Waals surface area contributed by atoms with Gasteiger partial charge in [0.15, 0.2) is 24.8 Å². The molecular formula is C24H24Br2N4+2. The molecule has 0 amide bonds. The van der Waals surface area contributed by atoms with Crippen LogP contribution in [0.2, 0.25) is 0 Å². The number of pyridine rings is 4. The van der Waals surface area contributed by atoms with E-state index in [0.717, 1.165) is 26.2 Å². The van der Waals surface area contributed by atoms with Gasteiger partial charge in [-0.2, -0.15) is 18.3 Å². The average molecular weight is 528 g/mol. The number of hydrogen-bond acceptors (Lipinski definition) is 0. The van der Waals surface area contributed by atoms with Gasteiger partial charge in [-0.05, 0) is 24.3 Å². The number of halogens is 2. The summed E-state index contributed by atoms with van der Waals surface area (Å²) in [5.74, 6) is 0. The summed E-state index contributed by atoms with van der Waals surface area (Å²) < 4.78 is 9.20. The summed E-state index contributed by atoms with van der Waals surface area (Å²) >= 11 is 0. The monoisotopic (exact) mass is 526 g/mol. The first-order valence-corrected chi connectivity index (χ1v) is 9.85. The number of aryl methyl sites for hydroxylation is 4. The van der Waals surface area contributed by atoms with Crippen LogP contribution >= 0.6 is 0 Å². The fourth-order valence-electron chi connectivity index (χ4n) is 4.05. The fourth-order valence-corrected chi connectivity index (χ4v) is 4.05. The fraction of sp³-hybridized carbons (Fsp3) is 0.167. The van der Waals surface area contributed by atoms with Crippen LogP contribution in [0.3, 0.4) is 0 Å². The van der Waals surface area contributed by atoms with Gasteiger partial charge in [-0.3, -0.25) is 0 Å². The van der Waals surface area contributed by atoms with E-state index in [1.807, 2.05) is 0 Å². The zero-order valence-corrected chi connectivity index (χ0v) is 19.8. The highest BCUT2D eigenvalue weighted by molar-refractivity contribution is 5.46. The van der Waals surface area contributed by atoms with Crippen LogP contribution in [-0.2, 0) is 26.2 Å². The van der Waals surface area contributed by atoms with Crippen molar-refractivity contribution in [3.8, 4) is 22.8 Å². The quantitative estimate of drug-likeness (QED) is 0.207. The minimum absolute atomic E-state index is 0. The van der Waals surface area contributed by atoms with Crippen molar-refractivity contribution in [3.63, 3.8) is 0 Å². The summed E-state index contributed by atoms with van der Waals surface area (Å²) in [5.41, 5.74) is 5.22. The number of rotatable bonds is 0. The predicted molar refractivity (Wildman–Crippen MR) is 105 cm³/mol. The first-order valence-electron chi connectivity index (χ1n) is 9.85. The second-order valence-electron chi connectivity index (χ2n) is 7.12. The number of fused-ring (bicyclic) bond motifs is 6. The Kier molecular flexibility index (Phi) is 7.45. The number of nitrogens with zero attached hydrogens (tertiary/aromatic N) is 4. The molecule has 6 rings (SSSR count). The highest BCUT2D eigenvalue weighted by atomic mass is 79.9. The summed E-state index contributed by atoms with van der Waals surface area (Å²) in [7, 11) is 0. The summed E-state index contributed by atoms with van der Waals surface area (Å²) in [6.07, 6.45) is 8.58. The van der Waals surface area contributed by atoms with Gasteiger partial charge >= 0.3 is 0 Å². The molecule has 0 fully saturated rings. The molecule has 152 valence electrons. The van der Waals surface area contributed by atoms with Crippen molar-refractivity contribution < 1.29 is 52.2 Å². The van der Waals surface area contributed by atoms with Crippen LogP contribution in [0.4, 0.5) is 0 Å². The Labute approximate surface area is 198 Å². The van der Waals surface area contributed by atoms with Crippen molar-refractivity contribution in [2.24, 2.45) is 0 Å². The Balaban J connectivity index is 0.000000160. The third-order valence-electron chi connectivity index (χ3n) is 5.45. The lowest BCUT2D eigenvalue weighted by Gasteiger charge is -2.08. The lowest BCUT2D eigenvalue weighted by molar-refractivity contribution is -0.794. The Hall–Kier alpha value is -2.44. The van der Waals surface area contributed by atoms with E-state index >= 15 is 0 Å². The van der Waals surface area contributed by atoms with Crippen molar-refractivity contribution in [3.05, 3.63) is 97.6 Å². The second-order valence-corrected chi connectivity index (χ2v) is 7.12. The summed E-state index contributed by atoms with van der Waals surface area (Å²) in [6.45, 7) is 4.27. The molecule has 6 heterocycles. The normalized spacial score (nSPS) is 12.3. The van der Waals surface area contributed by atoms with E-state index in [-0.39, 0.29) is 34.0 Å². The molecule has 6 heteroatoms. The Morgan fingerprint density at radius 1 is 0.367 bits per heavy atom. The molecule has 2 aliphatic heterocycles. The first kappa shape index (κ1) is 22.2. The maximum absolute atomic E-state index is 2.30. The van der Waals surface area contributed by atoms with Gasteiger partial charge < -0.3 is 34.0 Å². The van der Waals surface area contributed by atoms with Gasteiger partial charge in [-0.25, -0.2) is 0 Å². The van der Waals surface area contributed by atoms with Crippen LogP contribution < -0.4 is 52.2 Å². The molecule has 4 aromatic heterocycles. The van der Waals surface area contributed by atoms with Gasteiger partial charge in [-0.1, -0.05) is 0 Å². The number of hydrogen-bond donors (Lipinski definition) is 0. The molecule has 30 heavy (non-hydrogen) atoms. The van der Waals surface area contributed by atoms with Crippen molar-refractivity contribution in [2.45, 2.75) is 26.2 Å². The molecule has 0 aliphatic carbocycles. The SMILES string of the molecule is [Br-].[Br-].c1cc[n+]2c(c1)-c1cccc[n+]1CC2.c1cc[n+]2c(c1)-c1cccc[n+]1CC2. The highest BCUT2D eigenvalue weighted by Crippen LogP contribution is 2.12. The van der Waals surface area contributed by atoms with E-state index in [4.69, 9.17) is 0 Å². The van der Waals surface area contributed by atoms with Crippen LogP contribution in [0, 0.1) is 0 Å². The average Bonchev–Trinajstić information content (AvgIpc) is 2.79. The number of aromatic nitrogens is 4. The molecule has 0 saturated heterocycles. The molecule has 0 saturated carbocycles. The van der Waals surface area contributed by atoms with Gasteiger partial charge in [0.25, 0.3) is 22.8 Å². The zero-order valence-electron chi connectivity index (χ0n) is 16.6. The standard InChI is InChI=1S/2C12H12N2.2BrH/c2*1-3-7-13-9-10-14-8-4-2-6-12(14)11(13)5-1;;/h2*1-8H,9-10H2;2*1H/q2*+2;;/p-2. The third-order valence-corrected chi connectivity index (χ3v) is 5.45. The molecule has 2 aliphatic rings. The van der Waals surface area contributed by atoms with Crippen molar-refractivity contribution >= 4 is 0 Å². The first-order chi connectivity index (χ1) is 13.9. The molecule has 0 bridgehead atoms. The molecule has 0 spiro atoms. The minimum atomic E-state index is 0. The van der Waals surface area contributed by atoms with Crippen LogP contribution in [0.25, 0.3) is 22.8 Å². The van der Waals surface area contributed by atoms with Crippen LogP contribution in [0.5, 0.6) is 0 Å². The molecular weight excluding hydrogens is 504 g/mol. The van der Waals surface area contributed by atoms with E-state index in [1.165, 1.54) is 22.8 Å². The smallest absolute Gasteiger partial charge is 0.277 e. The van der Waals surface area contributed by atoms with E-state index in [0.29, 0.717) is 0 Å². The maximum Gasteiger partial charge on any atom is 0.277 e. The molecule has 4 aromatic rings. The Bertz CT molecular complexity index is 965. The molecule has 0 atom stereocenters. The van der Waals surface area contributed by atoms with Crippen molar-refractivity contribution in [2.75, 3.05) is 0 Å². The van der Waals surface area contributed by atoms with Crippen molar-refractivity contribution in [1.29, 1.82) is 0 Å². The molecule has 0 radical (unpaired) electrons. The molecule has 4 nitrogen and oxygen atoms in total. The lowest BCUT2D eigenvalue weighted by Crippen LogP contribution is -3.00. The second kappa shape index (κ2) is 10.0. The Morgan fingerprint density at radius 2 is 0.600 bits per heavy atom. The van der Waals surface area contributed by atoms with Gasteiger partial charge in [-0.15, -0.1) is 0 Å². The van der Waals surface area contributed by atoms with Crippen LogP contribution in [-0.4, -0.2) is 0 Å². The molecule has 0 N–H and O–H groups in total. The topological polar surface area (TPSA) is 15.5 Å². The largest absolute Gasteiger partial charge is 1.00 e. The van der Waals surface area contributed by atoms with E-state index in [9.17, 15) is 0 Å². The molecule has 0 unspecified atom stereocenters. The zero-order chi connectivity index (χ0) is 18.8. The summed E-state index contributed by atoms with van der Waals surface area (Å²) in [4.78, 5) is 0. The summed E-state index contributed by atoms with van der Waals surface area (Å²) in [6, 6.07) is 25.4. The third kappa shape index (κ3) is 4.35. The Morgan fingerprint density at radius 3 is 0.833 bits per heavy atom. The van der Waals surface area contributed by atoms with Gasteiger partial charge in [0.1, 0.15) is 0 Å². The molecule has 0 aromatic carbocycles. The maximum atomic E-state index is 2.30. The van der Waals surface area contributed by atoms with Crippen LogP contribution in [0.15, 0.2) is 97.6 Å². The van der Waals surface area contributed by atoms with Crippen LogP contribution in [0.1, 0.15) is 0 Å². The van der Waals surface area contributed by atoms with E-state index < -0.39 is 0 Å².